The van der Waals surface area contributed by atoms with Gasteiger partial charge in [-0.15, -0.1) is 0 Å². The Balaban J connectivity index is 2.64. The summed E-state index contributed by atoms with van der Waals surface area (Å²) in [5.74, 6) is 0. The second-order valence-electron chi connectivity index (χ2n) is 5.52. The summed E-state index contributed by atoms with van der Waals surface area (Å²) in [6.07, 6.45) is 4.08. The molecule has 1 saturated heterocycles. The van der Waals surface area contributed by atoms with Crippen molar-refractivity contribution in [2.45, 2.75) is 66.0 Å². The first-order valence-electron chi connectivity index (χ1n) is 5.72. The second kappa shape index (κ2) is 4.00. The third-order valence-corrected chi connectivity index (χ3v) is 3.45. The maximum Gasteiger partial charge on any atom is 0.0147 e. The molecule has 1 aliphatic heterocycles. The maximum absolute atomic E-state index is 2.71. The highest BCUT2D eigenvalue weighted by atomic mass is 15.2. The van der Waals surface area contributed by atoms with E-state index in [0.717, 1.165) is 12.1 Å². The van der Waals surface area contributed by atoms with E-state index < -0.39 is 0 Å². The summed E-state index contributed by atoms with van der Waals surface area (Å²) in [6.45, 7) is 13.1. The molecular formula is C12H25N. The zero-order valence-corrected chi connectivity index (χ0v) is 9.93. The number of hydrogen-bond donors (Lipinski definition) is 0. The minimum atomic E-state index is 0.458. The van der Waals surface area contributed by atoms with Crippen LogP contribution in [0.3, 0.4) is 0 Å². The lowest BCUT2D eigenvalue weighted by Gasteiger charge is -2.38. The van der Waals surface area contributed by atoms with E-state index >= 15 is 0 Å². The smallest absolute Gasteiger partial charge is 0.0147 e. The molecule has 1 heterocycles. The van der Waals surface area contributed by atoms with Crippen LogP contribution in [0.1, 0.15) is 53.9 Å². The van der Waals surface area contributed by atoms with Gasteiger partial charge < -0.3 is 0 Å². The molecule has 78 valence electrons. The van der Waals surface area contributed by atoms with Crippen molar-refractivity contribution in [3.8, 4) is 0 Å². The molecule has 0 aromatic carbocycles. The van der Waals surface area contributed by atoms with Gasteiger partial charge in [0.1, 0.15) is 0 Å². The van der Waals surface area contributed by atoms with Gasteiger partial charge >= 0.3 is 0 Å². The van der Waals surface area contributed by atoms with Crippen LogP contribution < -0.4 is 0 Å². The Morgan fingerprint density at radius 3 is 2.46 bits per heavy atom. The lowest BCUT2D eigenvalue weighted by atomic mass is 9.84. The molecule has 1 aliphatic rings. The summed E-state index contributed by atoms with van der Waals surface area (Å²) in [4.78, 5) is 2.71. The maximum atomic E-state index is 2.71. The van der Waals surface area contributed by atoms with Crippen molar-refractivity contribution in [1.29, 1.82) is 0 Å². The molecule has 0 amide bonds. The molecule has 1 heteroatoms. The molecule has 0 bridgehead atoms. The van der Waals surface area contributed by atoms with Crippen molar-refractivity contribution < 1.29 is 0 Å². The largest absolute Gasteiger partial charge is 0.297 e. The summed E-state index contributed by atoms with van der Waals surface area (Å²) < 4.78 is 0. The average Bonchev–Trinajstić information content (AvgIpc) is 2.49. The fourth-order valence-electron chi connectivity index (χ4n) is 2.48. The molecule has 0 spiro atoms. The fraction of sp³-hybridized carbons (Fsp3) is 1.00. The zero-order valence-electron chi connectivity index (χ0n) is 9.93. The van der Waals surface area contributed by atoms with Crippen LogP contribution in [0.5, 0.6) is 0 Å². The minimum absolute atomic E-state index is 0.458. The van der Waals surface area contributed by atoms with E-state index in [4.69, 9.17) is 0 Å². The normalized spacial score (nSPS) is 27.9. The van der Waals surface area contributed by atoms with Crippen LogP contribution in [0.15, 0.2) is 0 Å². The Labute approximate surface area is 83.5 Å². The molecule has 0 aromatic rings. The summed E-state index contributed by atoms with van der Waals surface area (Å²) in [5, 5.41) is 0. The van der Waals surface area contributed by atoms with Gasteiger partial charge in [0.25, 0.3) is 0 Å². The highest BCUT2D eigenvalue weighted by Crippen LogP contribution is 2.34. The molecule has 1 unspecified atom stereocenters. The van der Waals surface area contributed by atoms with Gasteiger partial charge in [0.05, 0.1) is 0 Å². The molecule has 0 radical (unpaired) electrons. The first kappa shape index (κ1) is 11.0. The van der Waals surface area contributed by atoms with E-state index in [-0.39, 0.29) is 0 Å². The van der Waals surface area contributed by atoms with Crippen LogP contribution in [0.25, 0.3) is 0 Å². The van der Waals surface area contributed by atoms with E-state index in [9.17, 15) is 0 Å². The van der Waals surface area contributed by atoms with Crippen molar-refractivity contribution in [1.82, 2.24) is 4.90 Å². The highest BCUT2D eigenvalue weighted by Gasteiger charge is 2.35. The number of nitrogens with zero attached hydrogens (tertiary/aromatic N) is 1. The van der Waals surface area contributed by atoms with E-state index in [1.165, 1.54) is 25.8 Å². The van der Waals surface area contributed by atoms with Crippen LogP contribution in [0, 0.1) is 5.41 Å². The van der Waals surface area contributed by atoms with Crippen LogP contribution in [-0.4, -0.2) is 23.5 Å². The molecule has 1 rings (SSSR count). The summed E-state index contributed by atoms with van der Waals surface area (Å²) in [5.41, 5.74) is 0.458. The minimum Gasteiger partial charge on any atom is -0.297 e. The van der Waals surface area contributed by atoms with Gasteiger partial charge in [-0.2, -0.15) is 0 Å². The number of likely N-dealkylation sites (tertiary alicyclic amines) is 1. The molecule has 0 saturated carbocycles. The van der Waals surface area contributed by atoms with Crippen LogP contribution in [-0.2, 0) is 0 Å². The lowest BCUT2D eigenvalue weighted by molar-refractivity contribution is 0.102. The number of rotatable bonds is 2. The van der Waals surface area contributed by atoms with E-state index in [1.54, 1.807) is 0 Å². The SMILES string of the molecule is CCC(C)N1CCC[C@@H]1C(C)(C)C. The van der Waals surface area contributed by atoms with Gasteiger partial charge in [-0.1, -0.05) is 27.7 Å². The number of hydrogen-bond acceptors (Lipinski definition) is 1. The van der Waals surface area contributed by atoms with Crippen molar-refractivity contribution in [3.05, 3.63) is 0 Å². The Hall–Kier alpha value is -0.0400. The fourth-order valence-corrected chi connectivity index (χ4v) is 2.48. The van der Waals surface area contributed by atoms with Crippen LogP contribution in [0.2, 0.25) is 0 Å². The van der Waals surface area contributed by atoms with Crippen LogP contribution >= 0.6 is 0 Å². The third-order valence-electron chi connectivity index (χ3n) is 3.45. The standard InChI is InChI=1S/C12H25N/c1-6-10(2)13-9-7-8-11(13)12(3,4)5/h10-11H,6-9H2,1-5H3/t10?,11-/m1/s1. The predicted molar refractivity (Wildman–Crippen MR) is 58.9 cm³/mol. The van der Waals surface area contributed by atoms with Gasteiger partial charge in [-0.3, -0.25) is 4.90 Å². The van der Waals surface area contributed by atoms with Gasteiger partial charge in [-0.05, 0) is 38.1 Å². The second-order valence-corrected chi connectivity index (χ2v) is 5.52. The van der Waals surface area contributed by atoms with Gasteiger partial charge in [0.2, 0.25) is 0 Å². The van der Waals surface area contributed by atoms with Crippen molar-refractivity contribution in [3.63, 3.8) is 0 Å². The van der Waals surface area contributed by atoms with E-state index in [2.05, 4.69) is 39.5 Å². The first-order valence-corrected chi connectivity index (χ1v) is 5.72. The van der Waals surface area contributed by atoms with Gasteiger partial charge in [0, 0.05) is 12.1 Å². The predicted octanol–water partition coefficient (Wildman–Crippen LogP) is 3.30. The molecule has 0 N–H and O–H groups in total. The highest BCUT2D eigenvalue weighted by molar-refractivity contribution is 4.90. The monoisotopic (exact) mass is 183 g/mol. The zero-order chi connectivity index (χ0) is 10.1. The Bertz CT molecular complexity index is 157. The van der Waals surface area contributed by atoms with Gasteiger partial charge in [-0.25, -0.2) is 0 Å². The Morgan fingerprint density at radius 2 is 2.00 bits per heavy atom. The van der Waals surface area contributed by atoms with E-state index in [1.807, 2.05) is 0 Å². The molecule has 1 nitrogen and oxygen atoms in total. The molecular weight excluding hydrogens is 158 g/mol. The quantitative estimate of drug-likeness (QED) is 0.635. The van der Waals surface area contributed by atoms with Crippen molar-refractivity contribution >= 4 is 0 Å². The molecule has 2 atom stereocenters. The third kappa shape index (κ3) is 2.46. The first-order chi connectivity index (χ1) is 5.96. The van der Waals surface area contributed by atoms with Crippen molar-refractivity contribution in [2.75, 3.05) is 6.54 Å². The summed E-state index contributed by atoms with van der Waals surface area (Å²) >= 11 is 0. The molecule has 13 heavy (non-hydrogen) atoms. The van der Waals surface area contributed by atoms with Gasteiger partial charge in [0.15, 0.2) is 0 Å². The summed E-state index contributed by atoms with van der Waals surface area (Å²) in [6, 6.07) is 1.58. The van der Waals surface area contributed by atoms with E-state index in [0.29, 0.717) is 5.41 Å². The Morgan fingerprint density at radius 1 is 1.38 bits per heavy atom. The average molecular weight is 183 g/mol. The lowest BCUT2D eigenvalue weighted by Crippen LogP contribution is -2.43. The summed E-state index contributed by atoms with van der Waals surface area (Å²) in [7, 11) is 0. The topological polar surface area (TPSA) is 3.24 Å². The van der Waals surface area contributed by atoms with Crippen LogP contribution in [0.4, 0.5) is 0 Å². The van der Waals surface area contributed by atoms with Crippen molar-refractivity contribution in [2.24, 2.45) is 5.41 Å². The Kier molecular flexibility index (Phi) is 3.39. The molecule has 0 aliphatic carbocycles. The molecule has 1 fully saturated rings. The molecule has 0 aromatic heterocycles.